The summed E-state index contributed by atoms with van der Waals surface area (Å²) in [6, 6.07) is 0. The van der Waals surface area contributed by atoms with Gasteiger partial charge in [0.1, 0.15) is 153 Å². The second-order valence-electron chi connectivity index (χ2n) is 17.5. The molecule has 0 spiro atoms. The Balaban J connectivity index is 1.21. The van der Waals surface area contributed by atoms with Gasteiger partial charge in [0.2, 0.25) is 0 Å². The molecule has 22 aliphatic rings. The summed E-state index contributed by atoms with van der Waals surface area (Å²) in [5, 5.41) is 187. The van der Waals surface area contributed by atoms with Crippen LogP contribution in [-0.4, -0.2) is 317 Å². The van der Waals surface area contributed by atoms with Gasteiger partial charge >= 0.3 is 5.97 Å². The van der Waals surface area contributed by atoms with Gasteiger partial charge in [0.25, 0.3) is 0 Å². The molecule has 22 fully saturated rings. The molecule has 17 N–H and O–H groups in total. The molecule has 69 heavy (non-hydrogen) atoms. The van der Waals surface area contributed by atoms with Gasteiger partial charge in [0.15, 0.2) is 37.7 Å². The van der Waals surface area contributed by atoms with Crippen LogP contribution < -0.4 is 0 Å². The van der Waals surface area contributed by atoms with Crippen molar-refractivity contribution < 1.29 is 153 Å². The van der Waals surface area contributed by atoms with E-state index in [-0.39, 0.29) is 0 Å². The number of hydrogen-bond donors (Lipinski definition) is 17. The molecule has 400 valence electrons. The molecule has 0 unspecified atom stereocenters. The lowest BCUT2D eigenvalue weighted by molar-refractivity contribution is -0.404. The highest BCUT2D eigenvalue weighted by Gasteiger charge is 2.58. The molecule has 30 atom stereocenters. The first-order chi connectivity index (χ1) is 32.8. The van der Waals surface area contributed by atoms with Crippen LogP contribution in [0.25, 0.3) is 0 Å². The fraction of sp³-hybridized carbons (Fsp3) is 0.974. The fourth-order valence-corrected chi connectivity index (χ4v) is 9.11. The summed E-state index contributed by atoms with van der Waals surface area (Å²) in [6.07, 6.45) is -59.1. The Bertz CT molecular complexity index is 1620. The maximum absolute atomic E-state index is 11.9. The summed E-state index contributed by atoms with van der Waals surface area (Å²) in [6.45, 7) is -4.83. The molecule has 0 amide bonds. The van der Waals surface area contributed by atoms with Gasteiger partial charge in [0, 0.05) is 6.92 Å². The van der Waals surface area contributed by atoms with Crippen LogP contribution in [0.1, 0.15) is 6.92 Å². The van der Waals surface area contributed by atoms with E-state index >= 15 is 0 Å². The Morgan fingerprint density at radius 1 is 0.304 bits per heavy atom. The monoisotopic (exact) mass is 1010 g/mol. The Morgan fingerprint density at radius 2 is 0.478 bits per heavy atom. The summed E-state index contributed by atoms with van der Waals surface area (Å²) in [5.41, 5.74) is 0. The summed E-state index contributed by atoms with van der Waals surface area (Å²) < 4.78 is 73.5. The first kappa shape index (κ1) is 55.1. The number of carbonyl (C=O) groups excluding carboxylic acids is 1. The van der Waals surface area contributed by atoms with Gasteiger partial charge in [-0.3, -0.25) is 4.79 Å². The Kier molecular flexibility index (Phi) is 18.6. The molecule has 0 aliphatic carbocycles. The van der Waals surface area contributed by atoms with Crippen molar-refractivity contribution in [1.29, 1.82) is 0 Å². The van der Waals surface area contributed by atoms with Crippen molar-refractivity contribution in [1.82, 2.24) is 0 Å². The Morgan fingerprint density at radius 3 is 0.652 bits per heavy atom. The third-order valence-corrected chi connectivity index (χ3v) is 12.9. The van der Waals surface area contributed by atoms with E-state index in [0.29, 0.717) is 0 Å². The van der Waals surface area contributed by atoms with Crippen LogP contribution in [-0.2, 0) is 66.4 Å². The minimum Gasteiger partial charge on any atom is -0.463 e. The summed E-state index contributed by atoms with van der Waals surface area (Å²) in [4.78, 5) is 11.9. The highest BCUT2D eigenvalue weighted by Crippen LogP contribution is 2.38. The van der Waals surface area contributed by atoms with Crippen LogP contribution in [0.5, 0.6) is 0 Å². The van der Waals surface area contributed by atoms with Crippen molar-refractivity contribution in [2.45, 2.75) is 191 Å². The largest absolute Gasteiger partial charge is 0.463 e. The van der Waals surface area contributed by atoms with E-state index in [1.54, 1.807) is 0 Å². The molecule has 0 aromatic heterocycles. The van der Waals surface area contributed by atoms with Gasteiger partial charge in [-0.05, 0) is 0 Å². The van der Waals surface area contributed by atoms with Crippen molar-refractivity contribution in [2.24, 2.45) is 0 Å². The number of aliphatic hydroxyl groups excluding tert-OH is 17. The molecular formula is C38H62O31. The predicted molar refractivity (Wildman–Crippen MR) is 205 cm³/mol. The molecule has 0 radical (unpaired) electrons. The number of esters is 1. The SMILES string of the molecule is CC(=O)OC[C@H]1O[C@H]2O[C@H]3[C@H](O)[C@@H](O)[C@H](O[C@H]4[C@H](O)[C@@H](O)[C@H](O[C@H]5[C@H](O)[C@@H](O)[C@@H](O[C@H]6[C@H](O)[C@@H](O)[C@@H](O[C@H]7[C@H](O)[C@@H](O)[C@@H](O[C@H]1[C@H](O)[C@H]2O)O[C@@H]7CO)O[C@@H]6CO)O[C@@H]5CO)O[C@@H]4CO)O[C@@H]3CO. The lowest BCUT2D eigenvalue weighted by Crippen LogP contribution is -2.69. The molecule has 22 rings (SSSR count). The smallest absolute Gasteiger partial charge is 0.302 e. The van der Waals surface area contributed by atoms with E-state index in [0.717, 1.165) is 6.92 Å². The zero-order valence-electron chi connectivity index (χ0n) is 36.4. The van der Waals surface area contributed by atoms with Gasteiger partial charge in [-0.15, -0.1) is 0 Å². The van der Waals surface area contributed by atoms with Crippen LogP contribution in [0, 0.1) is 0 Å². The van der Waals surface area contributed by atoms with Gasteiger partial charge in [-0.25, -0.2) is 0 Å². The van der Waals surface area contributed by atoms with Crippen molar-refractivity contribution >= 4 is 5.97 Å². The lowest BCUT2D eigenvalue weighted by Gasteiger charge is -2.50. The van der Waals surface area contributed by atoms with Crippen molar-refractivity contribution in [3.05, 3.63) is 0 Å². The third kappa shape index (κ3) is 11.1. The molecular weight excluding hydrogens is 952 g/mol. The van der Waals surface area contributed by atoms with E-state index < -0.39 is 230 Å². The quantitative estimate of drug-likeness (QED) is 0.105. The van der Waals surface area contributed by atoms with Crippen molar-refractivity contribution in [2.75, 3.05) is 39.6 Å². The van der Waals surface area contributed by atoms with Crippen molar-refractivity contribution in [3.63, 3.8) is 0 Å². The predicted octanol–water partition coefficient (Wildman–Crippen LogP) is -12.5. The van der Waals surface area contributed by atoms with Crippen LogP contribution in [0.15, 0.2) is 0 Å². The van der Waals surface area contributed by atoms with Gasteiger partial charge in [-0.1, -0.05) is 0 Å². The maximum atomic E-state index is 11.9. The first-order valence-electron chi connectivity index (χ1n) is 22.0. The van der Waals surface area contributed by atoms with Crippen LogP contribution >= 0.6 is 0 Å². The van der Waals surface area contributed by atoms with Crippen LogP contribution in [0.2, 0.25) is 0 Å². The minimum absolute atomic E-state index is 0.767. The van der Waals surface area contributed by atoms with Gasteiger partial charge in [-0.2, -0.15) is 0 Å². The van der Waals surface area contributed by atoms with E-state index in [9.17, 15) is 91.6 Å². The highest BCUT2D eigenvalue weighted by molar-refractivity contribution is 5.65. The number of rotatable bonds is 7. The van der Waals surface area contributed by atoms with E-state index in [4.69, 9.17) is 61.6 Å². The molecule has 22 saturated heterocycles. The second-order valence-corrected chi connectivity index (χ2v) is 17.5. The molecule has 31 heteroatoms. The minimum atomic E-state index is -2.18. The molecule has 0 aromatic carbocycles. The number of ether oxygens (including phenoxy) is 13. The second kappa shape index (κ2) is 23.2. The number of carbonyl (C=O) groups is 1. The van der Waals surface area contributed by atoms with Gasteiger partial charge in [0.05, 0.1) is 33.0 Å². The zero-order chi connectivity index (χ0) is 50.3. The fourth-order valence-electron chi connectivity index (χ4n) is 9.11. The molecule has 22 heterocycles. The normalized spacial score (nSPS) is 53.4. The van der Waals surface area contributed by atoms with Crippen LogP contribution in [0.3, 0.4) is 0 Å². The van der Waals surface area contributed by atoms with Crippen molar-refractivity contribution in [3.8, 4) is 0 Å². The topological polar surface area (TPSA) is 481 Å². The highest BCUT2D eigenvalue weighted by atomic mass is 16.8. The van der Waals surface area contributed by atoms with E-state index in [2.05, 4.69) is 0 Å². The van der Waals surface area contributed by atoms with E-state index in [1.165, 1.54) is 0 Å². The number of hydrogen-bond acceptors (Lipinski definition) is 31. The summed E-state index contributed by atoms with van der Waals surface area (Å²) in [5.74, 6) is -0.882. The zero-order valence-corrected chi connectivity index (χ0v) is 36.4. The van der Waals surface area contributed by atoms with Gasteiger partial charge < -0.3 is 148 Å². The molecule has 12 bridgehead atoms. The summed E-state index contributed by atoms with van der Waals surface area (Å²) in [7, 11) is 0. The maximum Gasteiger partial charge on any atom is 0.302 e. The Labute approximate surface area is 389 Å². The standard InChI is InChI=1S/C38H62O31/c1-8(44)57-7-14-32-20(50)26(56)38(63-14)68-31-13(6-43)61-36(24(54)18(31)48)66-29-11(4-41)59-34(22(52)16(29)46)64-27-9(2-39)58-33(21(51)15(27)45)65-28-10(3-40)60-35(23(53)17(28)47)67-30-12(5-42)62-37(69-32)25(55)19(30)49/h9-43,45-56H,2-7H2,1H3/t9-,10-,11-,12-,13-,14-,15-,16-,17-,18-,19-,20-,21-,22-,23-,24-,25-,26-,27-,28-,29-,30-,31-,32-,33-,34+,35-,36+,37-,38+/m1/s1. The molecule has 22 aliphatic heterocycles. The molecule has 0 saturated carbocycles. The summed E-state index contributed by atoms with van der Waals surface area (Å²) >= 11 is 0. The van der Waals surface area contributed by atoms with E-state index in [1.807, 2.05) is 0 Å². The molecule has 0 aromatic rings. The lowest BCUT2D eigenvalue weighted by atomic mass is 9.94. The first-order valence-corrected chi connectivity index (χ1v) is 22.0. The third-order valence-electron chi connectivity index (χ3n) is 12.9. The number of aliphatic hydroxyl groups is 17. The van der Waals surface area contributed by atoms with Crippen LogP contribution in [0.4, 0.5) is 0 Å². The molecule has 31 nitrogen and oxygen atoms in total. The average molecular weight is 1010 g/mol. The average Bonchev–Trinajstić information content (AvgIpc) is 3.33. The Hall–Kier alpha value is -1.69.